The zero-order valence-electron chi connectivity index (χ0n) is 15.4. The summed E-state index contributed by atoms with van der Waals surface area (Å²) in [4.78, 5) is 35.5. The Balaban J connectivity index is 2.09. The van der Waals surface area contributed by atoms with Crippen LogP contribution in [0.5, 0.6) is 0 Å². The zero-order chi connectivity index (χ0) is 20.3. The lowest BCUT2D eigenvalue weighted by molar-refractivity contribution is -0.384. The molecule has 2 aromatic rings. The van der Waals surface area contributed by atoms with E-state index >= 15 is 0 Å². The summed E-state index contributed by atoms with van der Waals surface area (Å²) in [6, 6.07) is 14.1. The molecule has 0 bridgehead atoms. The second kappa shape index (κ2) is 7.99. The average molecular weight is 381 g/mol. The van der Waals surface area contributed by atoms with Gasteiger partial charge in [0.05, 0.1) is 23.1 Å². The number of nitro groups is 1. The van der Waals surface area contributed by atoms with Crippen LogP contribution in [0.15, 0.2) is 59.7 Å². The van der Waals surface area contributed by atoms with E-state index in [9.17, 15) is 19.7 Å². The Morgan fingerprint density at radius 2 is 1.79 bits per heavy atom. The van der Waals surface area contributed by atoms with Crippen molar-refractivity contribution in [3.63, 3.8) is 0 Å². The number of hydrazone groups is 1. The van der Waals surface area contributed by atoms with E-state index in [2.05, 4.69) is 5.10 Å². The second-order valence-corrected chi connectivity index (χ2v) is 6.27. The molecule has 2 unspecified atom stereocenters. The van der Waals surface area contributed by atoms with Crippen molar-refractivity contribution in [3.05, 3.63) is 70.3 Å². The summed E-state index contributed by atoms with van der Waals surface area (Å²) in [5.74, 6) is -1.38. The molecule has 0 N–H and O–H groups in total. The third-order valence-corrected chi connectivity index (χ3v) is 4.47. The van der Waals surface area contributed by atoms with Crippen molar-refractivity contribution in [1.82, 2.24) is 0 Å². The normalized spacial score (nSPS) is 18.5. The van der Waals surface area contributed by atoms with Crippen LogP contribution < -0.4 is 5.01 Å². The van der Waals surface area contributed by atoms with Crippen LogP contribution in [0.2, 0.25) is 0 Å². The molecule has 1 aliphatic rings. The third-order valence-electron chi connectivity index (χ3n) is 4.47. The first-order chi connectivity index (χ1) is 13.4. The summed E-state index contributed by atoms with van der Waals surface area (Å²) in [6.07, 6.45) is 0. The highest BCUT2D eigenvalue weighted by molar-refractivity contribution is 6.40. The Labute approximate surface area is 161 Å². The summed E-state index contributed by atoms with van der Waals surface area (Å²) in [6.45, 7) is 3.31. The van der Waals surface area contributed by atoms with Crippen LogP contribution in [-0.4, -0.2) is 35.0 Å². The zero-order valence-corrected chi connectivity index (χ0v) is 15.4. The van der Waals surface area contributed by atoms with Gasteiger partial charge in [0.2, 0.25) is 0 Å². The molecule has 0 radical (unpaired) electrons. The summed E-state index contributed by atoms with van der Waals surface area (Å²) < 4.78 is 5.14. The Morgan fingerprint density at radius 1 is 1.14 bits per heavy atom. The summed E-state index contributed by atoms with van der Waals surface area (Å²) in [5, 5.41) is 16.7. The van der Waals surface area contributed by atoms with Gasteiger partial charge in [0, 0.05) is 12.1 Å². The summed E-state index contributed by atoms with van der Waals surface area (Å²) in [7, 11) is 0. The molecule has 0 saturated heterocycles. The molecular formula is C20H19N3O5. The number of hydrogen-bond donors (Lipinski definition) is 0. The highest BCUT2D eigenvalue weighted by Gasteiger charge is 2.45. The van der Waals surface area contributed by atoms with Crippen LogP contribution in [0.4, 0.5) is 11.4 Å². The minimum absolute atomic E-state index is 0.0727. The SMILES string of the molecule is CCOC(=O)C1=NN(c2ccc([N+](=O)[O-])cc2)C(C(C)=O)C1c1ccccc1. The van der Waals surface area contributed by atoms with Crippen LogP contribution in [0.3, 0.4) is 0 Å². The largest absolute Gasteiger partial charge is 0.461 e. The van der Waals surface area contributed by atoms with Gasteiger partial charge in [0.25, 0.3) is 5.69 Å². The number of non-ortho nitro benzene ring substituents is 1. The van der Waals surface area contributed by atoms with E-state index in [1.54, 1.807) is 6.92 Å². The standard InChI is InChI=1S/C20H19N3O5/c1-3-28-20(25)18-17(14-7-5-4-6-8-14)19(13(2)24)22(21-18)15-9-11-16(12-10-15)23(26)27/h4-12,17,19H,3H2,1-2H3. The minimum Gasteiger partial charge on any atom is -0.461 e. The number of nitrogens with zero attached hydrogens (tertiary/aromatic N) is 3. The second-order valence-electron chi connectivity index (χ2n) is 6.27. The van der Waals surface area contributed by atoms with Crippen molar-refractivity contribution in [2.75, 3.05) is 11.6 Å². The van der Waals surface area contributed by atoms with E-state index in [1.807, 2.05) is 30.3 Å². The third kappa shape index (κ3) is 3.62. The molecule has 1 heterocycles. The van der Waals surface area contributed by atoms with Crippen molar-refractivity contribution in [3.8, 4) is 0 Å². The molecule has 0 spiro atoms. The van der Waals surface area contributed by atoms with Gasteiger partial charge in [-0.1, -0.05) is 30.3 Å². The Hall–Kier alpha value is -3.55. The molecule has 3 rings (SSSR count). The van der Waals surface area contributed by atoms with Gasteiger partial charge in [0.1, 0.15) is 6.04 Å². The fraction of sp³-hybridized carbons (Fsp3) is 0.250. The number of ketones is 1. The van der Waals surface area contributed by atoms with Gasteiger partial charge < -0.3 is 4.74 Å². The Morgan fingerprint density at radius 3 is 2.32 bits per heavy atom. The molecular weight excluding hydrogens is 362 g/mol. The molecule has 0 fully saturated rings. The van der Waals surface area contributed by atoms with Gasteiger partial charge in [0.15, 0.2) is 11.5 Å². The maximum atomic E-state index is 12.5. The van der Waals surface area contributed by atoms with Crippen LogP contribution in [0, 0.1) is 10.1 Å². The smallest absolute Gasteiger partial charge is 0.355 e. The molecule has 0 aliphatic carbocycles. The molecule has 144 valence electrons. The van der Waals surface area contributed by atoms with Crippen LogP contribution in [0.1, 0.15) is 25.3 Å². The lowest BCUT2D eigenvalue weighted by atomic mass is 9.86. The van der Waals surface area contributed by atoms with Crippen molar-refractivity contribution in [1.29, 1.82) is 0 Å². The number of nitro benzene ring substituents is 1. The quantitative estimate of drug-likeness (QED) is 0.433. The van der Waals surface area contributed by atoms with Crippen LogP contribution in [0.25, 0.3) is 0 Å². The number of rotatable bonds is 6. The highest BCUT2D eigenvalue weighted by atomic mass is 16.6. The lowest BCUT2D eigenvalue weighted by Crippen LogP contribution is -2.39. The molecule has 8 nitrogen and oxygen atoms in total. The predicted molar refractivity (Wildman–Crippen MR) is 103 cm³/mol. The first-order valence-corrected chi connectivity index (χ1v) is 8.78. The number of benzene rings is 2. The molecule has 0 amide bonds. The van der Waals surface area contributed by atoms with E-state index in [1.165, 1.54) is 36.2 Å². The first kappa shape index (κ1) is 19.2. The summed E-state index contributed by atoms with van der Waals surface area (Å²) >= 11 is 0. The predicted octanol–water partition coefficient (Wildman–Crippen LogP) is 3.08. The van der Waals surface area contributed by atoms with Crippen molar-refractivity contribution in [2.45, 2.75) is 25.8 Å². The minimum atomic E-state index is -0.761. The number of esters is 1. The monoisotopic (exact) mass is 381 g/mol. The van der Waals surface area contributed by atoms with E-state index in [-0.39, 0.29) is 23.8 Å². The molecule has 0 aromatic heterocycles. The van der Waals surface area contributed by atoms with Crippen LogP contribution in [-0.2, 0) is 14.3 Å². The van der Waals surface area contributed by atoms with E-state index in [4.69, 9.17) is 4.74 Å². The Bertz CT molecular complexity index is 925. The van der Waals surface area contributed by atoms with Crippen molar-refractivity contribution in [2.24, 2.45) is 5.10 Å². The number of anilines is 1. The van der Waals surface area contributed by atoms with Gasteiger partial charge >= 0.3 is 5.97 Å². The molecule has 28 heavy (non-hydrogen) atoms. The number of ether oxygens (including phenoxy) is 1. The van der Waals surface area contributed by atoms with Gasteiger partial charge in [-0.05, 0) is 31.5 Å². The number of carbonyl (C=O) groups excluding carboxylic acids is 2. The van der Waals surface area contributed by atoms with Gasteiger partial charge in [-0.3, -0.25) is 19.9 Å². The van der Waals surface area contributed by atoms with Crippen LogP contribution >= 0.6 is 0 Å². The maximum absolute atomic E-state index is 12.5. The fourth-order valence-electron chi connectivity index (χ4n) is 3.26. The molecule has 0 saturated carbocycles. The van der Waals surface area contributed by atoms with E-state index in [0.717, 1.165) is 5.56 Å². The fourth-order valence-corrected chi connectivity index (χ4v) is 3.26. The molecule has 8 heteroatoms. The van der Waals surface area contributed by atoms with Crippen molar-refractivity contribution < 1.29 is 19.2 Å². The number of Topliss-reactive ketones (excluding diaryl/α,β-unsaturated/α-hetero) is 1. The van der Waals surface area contributed by atoms with E-state index in [0.29, 0.717) is 5.69 Å². The number of carbonyl (C=O) groups is 2. The highest BCUT2D eigenvalue weighted by Crippen LogP contribution is 2.36. The van der Waals surface area contributed by atoms with E-state index < -0.39 is 22.9 Å². The number of hydrogen-bond acceptors (Lipinski definition) is 7. The lowest BCUT2D eigenvalue weighted by Gasteiger charge is -2.26. The Kier molecular flexibility index (Phi) is 5.49. The van der Waals surface area contributed by atoms with Crippen molar-refractivity contribution >= 4 is 28.8 Å². The van der Waals surface area contributed by atoms with Gasteiger partial charge in [-0.25, -0.2) is 4.79 Å². The average Bonchev–Trinajstić information content (AvgIpc) is 3.10. The maximum Gasteiger partial charge on any atom is 0.355 e. The molecule has 2 aromatic carbocycles. The molecule has 2 atom stereocenters. The topological polar surface area (TPSA) is 102 Å². The van der Waals surface area contributed by atoms with Gasteiger partial charge in [-0.2, -0.15) is 5.10 Å². The molecule has 1 aliphatic heterocycles. The first-order valence-electron chi connectivity index (χ1n) is 8.78. The van der Waals surface area contributed by atoms with Gasteiger partial charge in [-0.15, -0.1) is 0 Å². The summed E-state index contributed by atoms with van der Waals surface area (Å²) in [5.41, 5.74) is 1.30.